The van der Waals surface area contributed by atoms with Crippen molar-refractivity contribution in [2.75, 3.05) is 5.32 Å². The molecule has 4 nitrogen and oxygen atoms in total. The lowest BCUT2D eigenvalue weighted by Gasteiger charge is -2.15. The Balaban J connectivity index is 1.93. The minimum absolute atomic E-state index is 0.301. The number of hydrogen-bond donors (Lipinski definition) is 2. The summed E-state index contributed by atoms with van der Waals surface area (Å²) in [6, 6.07) is 3.74. The topological polar surface area (TPSA) is 58.6 Å². The lowest BCUT2D eigenvalue weighted by molar-refractivity contribution is -0.274. The summed E-state index contributed by atoms with van der Waals surface area (Å²) >= 11 is 0. The fraction of sp³-hybridized carbons (Fsp3) is 0.312. The second-order valence-corrected chi connectivity index (χ2v) is 5.47. The summed E-state index contributed by atoms with van der Waals surface area (Å²) in [4.78, 5) is 12.0. The van der Waals surface area contributed by atoms with Crippen LogP contribution < -0.4 is 10.1 Å². The Morgan fingerprint density at radius 2 is 2.13 bits per heavy atom. The molecular formula is C16H14F3NO3. The summed E-state index contributed by atoms with van der Waals surface area (Å²) in [5, 5.41) is 12.1. The monoisotopic (exact) mass is 325 g/mol. The van der Waals surface area contributed by atoms with Crippen molar-refractivity contribution in [3.8, 4) is 5.75 Å². The predicted octanol–water partition coefficient (Wildman–Crippen LogP) is 3.39. The van der Waals surface area contributed by atoms with Gasteiger partial charge in [-0.15, -0.1) is 13.2 Å². The molecule has 0 aromatic heterocycles. The van der Waals surface area contributed by atoms with Crippen LogP contribution in [0.25, 0.3) is 5.57 Å². The molecule has 0 bridgehead atoms. The van der Waals surface area contributed by atoms with E-state index in [0.717, 1.165) is 11.6 Å². The van der Waals surface area contributed by atoms with E-state index in [9.17, 15) is 23.1 Å². The van der Waals surface area contributed by atoms with Gasteiger partial charge in [0.15, 0.2) is 0 Å². The van der Waals surface area contributed by atoms with Crippen molar-refractivity contribution in [3.63, 3.8) is 0 Å². The lowest BCUT2D eigenvalue weighted by atomic mass is 9.94. The van der Waals surface area contributed by atoms with Crippen molar-refractivity contribution in [1.82, 2.24) is 0 Å². The Hall–Kier alpha value is -2.28. The molecule has 7 heteroatoms. The third-order valence-electron chi connectivity index (χ3n) is 3.76. The van der Waals surface area contributed by atoms with E-state index in [1.807, 2.05) is 6.08 Å². The van der Waals surface area contributed by atoms with Crippen molar-refractivity contribution in [3.05, 3.63) is 41.5 Å². The van der Waals surface area contributed by atoms with E-state index in [4.69, 9.17) is 0 Å². The minimum Gasteiger partial charge on any atom is -0.406 e. The van der Waals surface area contributed by atoms with Crippen molar-refractivity contribution in [2.24, 2.45) is 0 Å². The number of aliphatic hydroxyl groups excluding tert-OH is 1. The van der Waals surface area contributed by atoms with Gasteiger partial charge in [0, 0.05) is 16.8 Å². The number of anilines is 1. The zero-order chi connectivity index (χ0) is 16.6. The number of carbonyl (C=O) groups excluding carboxylic acids is 1. The second kappa shape index (κ2) is 5.73. The predicted molar refractivity (Wildman–Crippen MR) is 77.7 cm³/mol. The van der Waals surface area contributed by atoms with Gasteiger partial charge in [0.25, 0.3) is 5.91 Å². The van der Waals surface area contributed by atoms with Gasteiger partial charge in [-0.05, 0) is 43.5 Å². The van der Waals surface area contributed by atoms with E-state index in [-0.39, 0.29) is 17.8 Å². The van der Waals surface area contributed by atoms with Gasteiger partial charge in [0.05, 0.1) is 6.10 Å². The molecule has 0 saturated carbocycles. The molecule has 0 saturated heterocycles. The highest BCUT2D eigenvalue weighted by molar-refractivity contribution is 6.32. The first-order chi connectivity index (χ1) is 10.8. The highest BCUT2D eigenvalue weighted by Gasteiger charge is 2.32. The molecule has 122 valence electrons. The van der Waals surface area contributed by atoms with Crippen molar-refractivity contribution in [2.45, 2.75) is 31.7 Å². The number of halogens is 3. The largest absolute Gasteiger partial charge is 0.573 e. The molecule has 0 radical (unpaired) electrons. The SMILES string of the molecule is O=C1Nc2ccc(OC(F)(F)F)cc2C1=CC1=CCC(O)CC1. The molecule has 0 spiro atoms. The third kappa shape index (κ3) is 3.56. The fourth-order valence-electron chi connectivity index (χ4n) is 2.66. The summed E-state index contributed by atoms with van der Waals surface area (Å²) in [7, 11) is 0. The molecule has 3 rings (SSSR count). The highest BCUT2D eigenvalue weighted by atomic mass is 19.4. The fourth-order valence-corrected chi connectivity index (χ4v) is 2.66. The van der Waals surface area contributed by atoms with Crippen LogP contribution in [0, 0.1) is 0 Å². The number of rotatable bonds is 2. The number of aliphatic hydroxyl groups is 1. The zero-order valence-electron chi connectivity index (χ0n) is 12.0. The molecule has 2 N–H and O–H groups in total. The van der Waals surface area contributed by atoms with Crippen LogP contribution in [0.1, 0.15) is 24.8 Å². The van der Waals surface area contributed by atoms with E-state index in [0.29, 0.717) is 36.1 Å². The second-order valence-electron chi connectivity index (χ2n) is 5.47. The number of fused-ring (bicyclic) bond motifs is 1. The summed E-state index contributed by atoms with van der Waals surface area (Å²) in [5.74, 6) is -0.733. The van der Waals surface area contributed by atoms with Gasteiger partial charge in [0.1, 0.15) is 5.75 Å². The maximum absolute atomic E-state index is 12.3. The number of ether oxygens (including phenoxy) is 1. The Morgan fingerprint density at radius 1 is 1.35 bits per heavy atom. The minimum atomic E-state index is -4.78. The average molecular weight is 325 g/mol. The normalized spacial score (nSPS) is 22.6. The maximum atomic E-state index is 12.3. The van der Waals surface area contributed by atoms with Gasteiger partial charge in [-0.1, -0.05) is 11.6 Å². The molecule has 1 aromatic rings. The first-order valence-corrected chi connectivity index (χ1v) is 7.12. The number of alkyl halides is 3. The van der Waals surface area contributed by atoms with Crippen molar-refractivity contribution >= 4 is 17.2 Å². The van der Waals surface area contributed by atoms with E-state index >= 15 is 0 Å². The molecule has 1 aliphatic heterocycles. The molecule has 0 fully saturated rings. The van der Waals surface area contributed by atoms with Crippen LogP contribution in [0.3, 0.4) is 0 Å². The lowest BCUT2D eigenvalue weighted by Crippen LogP contribution is -2.17. The molecule has 1 amide bonds. The molecule has 1 unspecified atom stereocenters. The first kappa shape index (κ1) is 15.6. The Bertz CT molecular complexity index is 707. The third-order valence-corrected chi connectivity index (χ3v) is 3.76. The quantitative estimate of drug-likeness (QED) is 0.820. The average Bonchev–Trinajstić information content (AvgIpc) is 2.76. The number of nitrogens with one attached hydrogen (secondary N) is 1. The highest BCUT2D eigenvalue weighted by Crippen LogP contribution is 2.37. The number of allylic oxidation sites excluding steroid dienone is 2. The summed E-state index contributed by atoms with van der Waals surface area (Å²) in [6.45, 7) is 0. The van der Waals surface area contributed by atoms with Crippen LogP contribution >= 0.6 is 0 Å². The van der Waals surface area contributed by atoms with Crippen LogP contribution in [0.15, 0.2) is 35.9 Å². The Kier molecular flexibility index (Phi) is 3.89. The van der Waals surface area contributed by atoms with E-state index in [1.54, 1.807) is 6.08 Å². The van der Waals surface area contributed by atoms with E-state index in [1.165, 1.54) is 12.1 Å². The van der Waals surface area contributed by atoms with Crippen molar-refractivity contribution < 1.29 is 27.8 Å². The van der Waals surface area contributed by atoms with Crippen molar-refractivity contribution in [1.29, 1.82) is 0 Å². The molecular weight excluding hydrogens is 311 g/mol. The van der Waals surface area contributed by atoms with E-state index in [2.05, 4.69) is 10.1 Å². The van der Waals surface area contributed by atoms with Gasteiger partial charge in [-0.25, -0.2) is 0 Å². The van der Waals surface area contributed by atoms with Gasteiger partial charge >= 0.3 is 6.36 Å². The zero-order valence-corrected chi connectivity index (χ0v) is 12.0. The summed E-state index contributed by atoms with van der Waals surface area (Å²) in [5.41, 5.74) is 2.02. The standard InChI is InChI=1S/C16H14F3NO3/c17-16(18,19)23-11-5-6-14-12(8-11)13(15(22)20-14)7-9-1-3-10(21)4-2-9/h1,5-8,10,21H,2-4H2,(H,20,22). The van der Waals surface area contributed by atoms with Crippen LogP contribution in [0.4, 0.5) is 18.9 Å². The van der Waals surface area contributed by atoms with Crippen LogP contribution in [-0.4, -0.2) is 23.5 Å². The van der Waals surface area contributed by atoms with Gasteiger partial charge in [-0.3, -0.25) is 4.79 Å². The molecule has 23 heavy (non-hydrogen) atoms. The number of carbonyl (C=O) groups is 1. The maximum Gasteiger partial charge on any atom is 0.573 e. The first-order valence-electron chi connectivity index (χ1n) is 7.12. The van der Waals surface area contributed by atoms with Gasteiger partial charge in [-0.2, -0.15) is 0 Å². The molecule has 1 aromatic carbocycles. The number of amides is 1. The Morgan fingerprint density at radius 3 is 2.78 bits per heavy atom. The number of hydrogen-bond acceptors (Lipinski definition) is 3. The van der Waals surface area contributed by atoms with Crippen LogP contribution in [0.5, 0.6) is 5.75 Å². The smallest absolute Gasteiger partial charge is 0.406 e. The van der Waals surface area contributed by atoms with Crippen LogP contribution in [-0.2, 0) is 4.79 Å². The van der Waals surface area contributed by atoms with Crippen LogP contribution in [0.2, 0.25) is 0 Å². The molecule has 1 aliphatic carbocycles. The molecule has 2 aliphatic rings. The van der Waals surface area contributed by atoms with Gasteiger partial charge < -0.3 is 15.2 Å². The molecule has 1 heterocycles. The van der Waals surface area contributed by atoms with E-state index < -0.39 is 6.36 Å². The summed E-state index contributed by atoms with van der Waals surface area (Å²) in [6.07, 6.45) is 0.0509. The number of benzene rings is 1. The van der Waals surface area contributed by atoms with Gasteiger partial charge in [0.2, 0.25) is 0 Å². The summed E-state index contributed by atoms with van der Waals surface area (Å²) < 4.78 is 40.9. The Labute approximate surface area is 130 Å². The molecule has 1 atom stereocenters.